The molecule has 1 unspecified atom stereocenters. The summed E-state index contributed by atoms with van der Waals surface area (Å²) in [4.78, 5) is 0. The van der Waals surface area contributed by atoms with Gasteiger partial charge < -0.3 is 10.5 Å². The van der Waals surface area contributed by atoms with Gasteiger partial charge in [0.05, 0.1) is 6.10 Å². The number of hydrogen-bond donors (Lipinski definition) is 1. The van der Waals surface area contributed by atoms with Crippen LogP contribution in [0.15, 0.2) is 0 Å². The summed E-state index contributed by atoms with van der Waals surface area (Å²) in [7, 11) is 1.73. The van der Waals surface area contributed by atoms with Crippen molar-refractivity contribution in [1.82, 2.24) is 0 Å². The highest BCUT2D eigenvalue weighted by Gasteiger charge is 1.96. The van der Waals surface area contributed by atoms with Crippen molar-refractivity contribution >= 4 is 11.8 Å². The first kappa shape index (κ1) is 9.27. The summed E-state index contributed by atoms with van der Waals surface area (Å²) >= 11 is 1.84. The van der Waals surface area contributed by atoms with Crippen molar-refractivity contribution in [3.05, 3.63) is 0 Å². The van der Waals surface area contributed by atoms with Gasteiger partial charge in [-0.2, -0.15) is 11.8 Å². The largest absolute Gasteiger partial charge is 0.381 e. The summed E-state index contributed by atoms with van der Waals surface area (Å²) in [6, 6.07) is 0. The van der Waals surface area contributed by atoms with Crippen molar-refractivity contribution in [3.63, 3.8) is 0 Å². The Bertz CT molecular complexity index is 61.0. The molecular weight excluding hydrogens is 134 g/mol. The van der Waals surface area contributed by atoms with Gasteiger partial charge in [-0.3, -0.25) is 0 Å². The second-order valence-electron chi connectivity index (χ2n) is 1.91. The van der Waals surface area contributed by atoms with Crippen LogP contribution in [0.2, 0.25) is 0 Å². The van der Waals surface area contributed by atoms with E-state index in [-0.39, 0.29) is 0 Å². The highest BCUT2D eigenvalue weighted by Crippen LogP contribution is 2.02. The molecule has 9 heavy (non-hydrogen) atoms. The molecule has 3 heteroatoms. The maximum Gasteiger partial charge on any atom is 0.0633 e. The molecule has 0 radical (unpaired) electrons. The van der Waals surface area contributed by atoms with E-state index in [2.05, 4.69) is 6.92 Å². The lowest BCUT2D eigenvalue weighted by atomic mass is 10.5. The van der Waals surface area contributed by atoms with E-state index >= 15 is 0 Å². The third-order valence-electron chi connectivity index (χ3n) is 1.02. The molecule has 0 rings (SSSR count). The van der Waals surface area contributed by atoms with Gasteiger partial charge in [0.15, 0.2) is 0 Å². The quantitative estimate of drug-likeness (QED) is 0.585. The lowest BCUT2D eigenvalue weighted by Gasteiger charge is -2.06. The Labute approximate surface area is 61.1 Å². The molecule has 0 amide bonds. The topological polar surface area (TPSA) is 35.2 Å². The standard InChI is InChI=1S/C6H15NOS/c1-6(8-2)5-9-4-3-7/h6H,3-5,7H2,1-2H3. The maximum atomic E-state index is 5.29. The zero-order valence-corrected chi connectivity index (χ0v) is 6.91. The van der Waals surface area contributed by atoms with Gasteiger partial charge in [-0.25, -0.2) is 0 Å². The highest BCUT2D eigenvalue weighted by atomic mass is 32.2. The maximum absolute atomic E-state index is 5.29. The SMILES string of the molecule is COC(C)CSCCN. The molecule has 0 aromatic carbocycles. The number of thioether (sulfide) groups is 1. The minimum absolute atomic E-state index is 0.363. The fraction of sp³-hybridized carbons (Fsp3) is 1.00. The second kappa shape index (κ2) is 6.39. The molecule has 2 nitrogen and oxygen atoms in total. The van der Waals surface area contributed by atoms with Crippen molar-refractivity contribution in [2.75, 3.05) is 25.2 Å². The lowest BCUT2D eigenvalue weighted by molar-refractivity contribution is 0.138. The van der Waals surface area contributed by atoms with Crippen molar-refractivity contribution < 1.29 is 4.74 Å². The van der Waals surface area contributed by atoms with Crippen molar-refractivity contribution in [2.45, 2.75) is 13.0 Å². The van der Waals surface area contributed by atoms with Crippen molar-refractivity contribution in [3.8, 4) is 0 Å². The molecule has 0 aliphatic heterocycles. The van der Waals surface area contributed by atoms with E-state index in [4.69, 9.17) is 10.5 Å². The summed E-state index contributed by atoms with van der Waals surface area (Å²) in [5.41, 5.74) is 5.29. The first-order chi connectivity index (χ1) is 4.31. The molecule has 0 aliphatic rings. The van der Waals surface area contributed by atoms with Gasteiger partial charge in [-0.15, -0.1) is 0 Å². The third-order valence-corrected chi connectivity index (χ3v) is 2.25. The summed E-state index contributed by atoms with van der Waals surface area (Å²) in [5.74, 6) is 2.08. The Balaban J connectivity index is 2.88. The van der Waals surface area contributed by atoms with Crippen LogP contribution in [0.1, 0.15) is 6.92 Å². The van der Waals surface area contributed by atoms with Crippen LogP contribution in [-0.2, 0) is 4.74 Å². The smallest absolute Gasteiger partial charge is 0.0633 e. The van der Waals surface area contributed by atoms with E-state index in [1.165, 1.54) is 0 Å². The van der Waals surface area contributed by atoms with Gasteiger partial charge in [0.25, 0.3) is 0 Å². The van der Waals surface area contributed by atoms with Crippen LogP contribution in [0.4, 0.5) is 0 Å². The van der Waals surface area contributed by atoms with Crippen molar-refractivity contribution in [2.24, 2.45) is 5.73 Å². The van der Waals surface area contributed by atoms with Crippen molar-refractivity contribution in [1.29, 1.82) is 0 Å². The average Bonchev–Trinajstić information content (AvgIpc) is 1.89. The number of ether oxygens (including phenoxy) is 1. The number of rotatable bonds is 5. The Morgan fingerprint density at radius 1 is 1.67 bits per heavy atom. The molecule has 0 aromatic heterocycles. The zero-order valence-electron chi connectivity index (χ0n) is 6.09. The second-order valence-corrected chi connectivity index (χ2v) is 3.06. The van der Waals surface area contributed by atoms with Gasteiger partial charge in [-0.05, 0) is 6.92 Å². The minimum atomic E-state index is 0.363. The summed E-state index contributed by atoms with van der Waals surface area (Å²) in [5, 5.41) is 0. The molecule has 0 aliphatic carbocycles. The Hall–Kier alpha value is 0.270. The molecule has 0 bridgehead atoms. The average molecular weight is 149 g/mol. The monoisotopic (exact) mass is 149 g/mol. The Morgan fingerprint density at radius 2 is 2.33 bits per heavy atom. The Kier molecular flexibility index (Phi) is 6.58. The predicted octanol–water partition coefficient (Wildman–Crippen LogP) is 0.713. The van der Waals surface area contributed by atoms with Crippen LogP contribution in [0.25, 0.3) is 0 Å². The van der Waals surface area contributed by atoms with E-state index in [1.54, 1.807) is 7.11 Å². The molecule has 0 heterocycles. The first-order valence-corrected chi connectivity index (χ1v) is 4.27. The van der Waals surface area contributed by atoms with Crippen LogP contribution in [0.3, 0.4) is 0 Å². The molecule has 2 N–H and O–H groups in total. The van der Waals surface area contributed by atoms with Crippen LogP contribution >= 0.6 is 11.8 Å². The molecule has 1 atom stereocenters. The summed E-state index contributed by atoms with van der Waals surface area (Å²) in [6.07, 6.45) is 0.363. The predicted molar refractivity (Wildman–Crippen MR) is 42.9 cm³/mol. The summed E-state index contributed by atoms with van der Waals surface area (Å²) < 4.78 is 5.04. The third kappa shape index (κ3) is 6.15. The first-order valence-electron chi connectivity index (χ1n) is 3.12. The van der Waals surface area contributed by atoms with Crippen LogP contribution in [0, 0.1) is 0 Å². The molecule has 0 aromatic rings. The Morgan fingerprint density at radius 3 is 2.78 bits per heavy atom. The number of methoxy groups -OCH3 is 1. The zero-order chi connectivity index (χ0) is 7.11. The van der Waals surface area contributed by atoms with Gasteiger partial charge in [0.2, 0.25) is 0 Å². The lowest BCUT2D eigenvalue weighted by Crippen LogP contribution is -2.10. The number of nitrogens with two attached hydrogens (primary N) is 1. The van der Waals surface area contributed by atoms with E-state index in [1.807, 2.05) is 11.8 Å². The van der Waals surface area contributed by atoms with E-state index in [0.717, 1.165) is 18.1 Å². The van der Waals surface area contributed by atoms with E-state index in [0.29, 0.717) is 6.10 Å². The molecule has 0 saturated carbocycles. The van der Waals surface area contributed by atoms with Crippen LogP contribution in [0.5, 0.6) is 0 Å². The molecule has 0 spiro atoms. The van der Waals surface area contributed by atoms with Gasteiger partial charge in [0.1, 0.15) is 0 Å². The van der Waals surface area contributed by atoms with E-state index in [9.17, 15) is 0 Å². The molecule has 56 valence electrons. The van der Waals surface area contributed by atoms with Gasteiger partial charge >= 0.3 is 0 Å². The summed E-state index contributed by atoms with van der Waals surface area (Å²) in [6.45, 7) is 2.82. The van der Waals surface area contributed by atoms with Crippen LogP contribution < -0.4 is 5.73 Å². The fourth-order valence-corrected chi connectivity index (χ4v) is 1.20. The molecule has 0 fully saturated rings. The fourth-order valence-electron chi connectivity index (χ4n) is 0.401. The van der Waals surface area contributed by atoms with Gasteiger partial charge in [0, 0.05) is 25.2 Å². The van der Waals surface area contributed by atoms with Crippen LogP contribution in [-0.4, -0.2) is 31.3 Å². The minimum Gasteiger partial charge on any atom is -0.381 e. The van der Waals surface area contributed by atoms with Gasteiger partial charge in [-0.1, -0.05) is 0 Å². The molecule has 0 saturated heterocycles. The normalized spacial score (nSPS) is 13.7. The molecular formula is C6H15NOS. The van der Waals surface area contributed by atoms with E-state index < -0.39 is 0 Å². The number of hydrogen-bond acceptors (Lipinski definition) is 3. The highest BCUT2D eigenvalue weighted by molar-refractivity contribution is 7.99.